The number of pyridine rings is 1. The number of anilines is 2. The highest BCUT2D eigenvalue weighted by Crippen LogP contribution is 2.25. The summed E-state index contributed by atoms with van der Waals surface area (Å²) in [6, 6.07) is 4.35. The molecule has 0 radical (unpaired) electrons. The molecule has 19 heavy (non-hydrogen) atoms. The van der Waals surface area contributed by atoms with E-state index in [-0.39, 0.29) is 0 Å². The SMILES string of the molecule is CC(C)COc1nc(NC2CCCCC2)ccc1N. The smallest absolute Gasteiger partial charge is 0.239 e. The summed E-state index contributed by atoms with van der Waals surface area (Å²) < 4.78 is 5.65. The number of nitrogens with two attached hydrogens (primary N) is 1. The second-order valence-corrected chi connectivity index (χ2v) is 5.77. The van der Waals surface area contributed by atoms with E-state index in [1.165, 1.54) is 32.1 Å². The summed E-state index contributed by atoms with van der Waals surface area (Å²) in [5.74, 6) is 1.89. The normalized spacial score (nSPS) is 16.6. The van der Waals surface area contributed by atoms with Gasteiger partial charge in [0.25, 0.3) is 0 Å². The Kier molecular flexibility index (Phi) is 4.88. The third-order valence-electron chi connectivity index (χ3n) is 3.40. The summed E-state index contributed by atoms with van der Waals surface area (Å²) in [5.41, 5.74) is 6.50. The van der Waals surface area contributed by atoms with E-state index < -0.39 is 0 Å². The van der Waals surface area contributed by atoms with Gasteiger partial charge in [-0.15, -0.1) is 0 Å². The van der Waals surface area contributed by atoms with Gasteiger partial charge in [-0.2, -0.15) is 4.98 Å². The van der Waals surface area contributed by atoms with E-state index in [1.807, 2.05) is 12.1 Å². The Balaban J connectivity index is 1.98. The van der Waals surface area contributed by atoms with E-state index in [0.29, 0.717) is 30.1 Å². The maximum Gasteiger partial charge on any atom is 0.239 e. The van der Waals surface area contributed by atoms with E-state index in [9.17, 15) is 0 Å². The molecule has 0 atom stereocenters. The van der Waals surface area contributed by atoms with Gasteiger partial charge in [0, 0.05) is 6.04 Å². The number of hydrogen-bond acceptors (Lipinski definition) is 4. The van der Waals surface area contributed by atoms with Gasteiger partial charge >= 0.3 is 0 Å². The third kappa shape index (κ3) is 4.30. The first-order chi connectivity index (χ1) is 9.15. The molecule has 1 saturated carbocycles. The van der Waals surface area contributed by atoms with Crippen molar-refractivity contribution in [2.45, 2.75) is 52.0 Å². The van der Waals surface area contributed by atoms with Crippen molar-refractivity contribution in [3.8, 4) is 5.88 Å². The van der Waals surface area contributed by atoms with Crippen LogP contribution in [0.5, 0.6) is 5.88 Å². The predicted octanol–water partition coefficient (Wildman–Crippen LogP) is 3.44. The number of nitrogens with one attached hydrogen (secondary N) is 1. The fourth-order valence-corrected chi connectivity index (χ4v) is 2.35. The van der Waals surface area contributed by atoms with Crippen molar-refractivity contribution >= 4 is 11.5 Å². The third-order valence-corrected chi connectivity index (χ3v) is 3.40. The Morgan fingerprint density at radius 1 is 1.32 bits per heavy atom. The Morgan fingerprint density at radius 2 is 2.05 bits per heavy atom. The van der Waals surface area contributed by atoms with Crippen LogP contribution >= 0.6 is 0 Å². The zero-order valence-corrected chi connectivity index (χ0v) is 12.0. The first-order valence-electron chi connectivity index (χ1n) is 7.31. The highest BCUT2D eigenvalue weighted by molar-refractivity contribution is 5.53. The molecule has 0 amide bonds. The van der Waals surface area contributed by atoms with Crippen molar-refractivity contribution in [2.24, 2.45) is 5.92 Å². The second kappa shape index (κ2) is 6.64. The first kappa shape index (κ1) is 14.0. The highest BCUT2D eigenvalue weighted by atomic mass is 16.5. The molecule has 0 saturated heterocycles. The van der Waals surface area contributed by atoms with Crippen molar-refractivity contribution < 1.29 is 4.74 Å². The molecule has 1 aromatic heterocycles. The first-order valence-corrected chi connectivity index (χ1v) is 7.31. The van der Waals surface area contributed by atoms with Gasteiger partial charge in [-0.25, -0.2) is 0 Å². The van der Waals surface area contributed by atoms with E-state index in [1.54, 1.807) is 0 Å². The largest absolute Gasteiger partial charge is 0.476 e. The second-order valence-electron chi connectivity index (χ2n) is 5.77. The molecule has 0 aliphatic heterocycles. The van der Waals surface area contributed by atoms with Gasteiger partial charge in [0.2, 0.25) is 5.88 Å². The maximum atomic E-state index is 5.89. The van der Waals surface area contributed by atoms with E-state index in [0.717, 1.165) is 5.82 Å². The van der Waals surface area contributed by atoms with Crippen molar-refractivity contribution in [3.05, 3.63) is 12.1 Å². The number of nitrogen functional groups attached to an aromatic ring is 1. The molecule has 1 aliphatic carbocycles. The van der Waals surface area contributed by atoms with Crippen LogP contribution in [0, 0.1) is 5.92 Å². The molecule has 1 heterocycles. The molecule has 0 spiro atoms. The summed E-state index contributed by atoms with van der Waals surface area (Å²) in [7, 11) is 0. The standard InChI is InChI=1S/C15H25N3O/c1-11(2)10-19-15-13(16)8-9-14(18-15)17-12-6-4-3-5-7-12/h8-9,11-12H,3-7,10,16H2,1-2H3,(H,17,18). The Labute approximate surface area is 115 Å². The van der Waals surface area contributed by atoms with Crippen LogP contribution in [-0.2, 0) is 0 Å². The zero-order valence-electron chi connectivity index (χ0n) is 12.0. The van der Waals surface area contributed by atoms with Crippen LogP contribution in [-0.4, -0.2) is 17.6 Å². The van der Waals surface area contributed by atoms with Crippen LogP contribution < -0.4 is 15.8 Å². The quantitative estimate of drug-likeness (QED) is 0.854. The maximum absolute atomic E-state index is 5.89. The van der Waals surface area contributed by atoms with E-state index >= 15 is 0 Å². The molecule has 3 N–H and O–H groups in total. The fourth-order valence-electron chi connectivity index (χ4n) is 2.35. The van der Waals surface area contributed by atoms with Gasteiger partial charge in [-0.05, 0) is 30.9 Å². The molecule has 2 rings (SSSR count). The predicted molar refractivity (Wildman–Crippen MR) is 79.5 cm³/mol. The van der Waals surface area contributed by atoms with Gasteiger partial charge < -0.3 is 15.8 Å². The topological polar surface area (TPSA) is 60.2 Å². The summed E-state index contributed by atoms with van der Waals surface area (Å²) in [6.07, 6.45) is 6.44. The number of ether oxygens (including phenoxy) is 1. The Morgan fingerprint density at radius 3 is 2.74 bits per heavy atom. The van der Waals surface area contributed by atoms with Crippen molar-refractivity contribution in [1.82, 2.24) is 4.98 Å². The van der Waals surface area contributed by atoms with Crippen LogP contribution in [0.4, 0.5) is 11.5 Å². The summed E-state index contributed by atoms with van der Waals surface area (Å²) in [6.45, 7) is 4.87. The fraction of sp³-hybridized carbons (Fsp3) is 0.667. The lowest BCUT2D eigenvalue weighted by atomic mass is 9.95. The molecule has 4 nitrogen and oxygen atoms in total. The number of rotatable bonds is 5. The lowest BCUT2D eigenvalue weighted by Crippen LogP contribution is -2.23. The van der Waals surface area contributed by atoms with E-state index in [2.05, 4.69) is 24.1 Å². The van der Waals surface area contributed by atoms with Crippen molar-refractivity contribution in [2.75, 3.05) is 17.7 Å². The van der Waals surface area contributed by atoms with Gasteiger partial charge in [0.05, 0.1) is 12.3 Å². The zero-order chi connectivity index (χ0) is 13.7. The summed E-state index contributed by atoms with van der Waals surface area (Å²) >= 11 is 0. The summed E-state index contributed by atoms with van der Waals surface area (Å²) in [5, 5.41) is 3.49. The Hall–Kier alpha value is -1.45. The van der Waals surface area contributed by atoms with Gasteiger partial charge in [-0.3, -0.25) is 0 Å². The van der Waals surface area contributed by atoms with Crippen molar-refractivity contribution in [3.63, 3.8) is 0 Å². The van der Waals surface area contributed by atoms with Crippen molar-refractivity contribution in [1.29, 1.82) is 0 Å². The molecule has 1 fully saturated rings. The van der Waals surface area contributed by atoms with Crippen LogP contribution in [0.15, 0.2) is 12.1 Å². The molecule has 0 bridgehead atoms. The minimum absolute atomic E-state index is 0.469. The summed E-state index contributed by atoms with van der Waals surface area (Å²) in [4.78, 5) is 4.48. The Bertz CT molecular complexity index is 400. The number of hydrogen-bond donors (Lipinski definition) is 2. The minimum atomic E-state index is 0.469. The number of nitrogens with zero attached hydrogens (tertiary/aromatic N) is 1. The highest BCUT2D eigenvalue weighted by Gasteiger charge is 2.14. The van der Waals surface area contributed by atoms with Crippen LogP contribution in [0.3, 0.4) is 0 Å². The monoisotopic (exact) mass is 263 g/mol. The molecule has 0 aromatic carbocycles. The molecule has 1 aliphatic rings. The molecular formula is C15H25N3O. The molecule has 4 heteroatoms. The van der Waals surface area contributed by atoms with Crippen LogP contribution in [0.25, 0.3) is 0 Å². The van der Waals surface area contributed by atoms with Crippen LogP contribution in [0.1, 0.15) is 46.0 Å². The van der Waals surface area contributed by atoms with E-state index in [4.69, 9.17) is 10.5 Å². The minimum Gasteiger partial charge on any atom is -0.476 e. The lowest BCUT2D eigenvalue weighted by molar-refractivity contribution is 0.263. The average Bonchev–Trinajstić information content (AvgIpc) is 2.40. The lowest BCUT2D eigenvalue weighted by Gasteiger charge is -2.23. The number of aromatic nitrogens is 1. The molecule has 0 unspecified atom stereocenters. The van der Waals surface area contributed by atoms with Crippen LogP contribution in [0.2, 0.25) is 0 Å². The molecule has 106 valence electrons. The van der Waals surface area contributed by atoms with Gasteiger partial charge in [0.15, 0.2) is 0 Å². The average molecular weight is 263 g/mol. The molecular weight excluding hydrogens is 238 g/mol. The van der Waals surface area contributed by atoms with Gasteiger partial charge in [-0.1, -0.05) is 33.1 Å². The van der Waals surface area contributed by atoms with Gasteiger partial charge in [0.1, 0.15) is 5.82 Å². The molecule has 1 aromatic rings.